The molecule has 0 spiro atoms. The summed E-state index contributed by atoms with van der Waals surface area (Å²) in [6.45, 7) is 6.20. The van der Waals surface area contributed by atoms with E-state index in [0.717, 1.165) is 0 Å². The van der Waals surface area contributed by atoms with Crippen molar-refractivity contribution >= 4 is 16.9 Å². The van der Waals surface area contributed by atoms with Crippen LogP contribution in [0.1, 0.15) is 49.2 Å². The Hall–Kier alpha value is -2.88. The van der Waals surface area contributed by atoms with Crippen molar-refractivity contribution in [1.29, 1.82) is 0 Å². The summed E-state index contributed by atoms with van der Waals surface area (Å²) in [6.07, 6.45) is 5.86. The first-order chi connectivity index (χ1) is 11.4. The van der Waals surface area contributed by atoms with Crippen LogP contribution in [0.4, 0.5) is 0 Å². The molecule has 0 unspecified atom stereocenters. The lowest BCUT2D eigenvalue weighted by Gasteiger charge is -2.14. The third-order valence-corrected chi connectivity index (χ3v) is 3.60. The molecule has 0 bridgehead atoms. The quantitative estimate of drug-likeness (QED) is 0.800. The smallest absolute Gasteiger partial charge is 0.329 e. The van der Waals surface area contributed by atoms with E-state index in [1.165, 1.54) is 4.57 Å². The Morgan fingerprint density at radius 2 is 2.17 bits per heavy atom. The molecule has 2 N–H and O–H groups in total. The number of aromatic nitrogens is 3. The summed E-state index contributed by atoms with van der Waals surface area (Å²) < 4.78 is 1.39. The summed E-state index contributed by atoms with van der Waals surface area (Å²) in [4.78, 5) is 43.6. The summed E-state index contributed by atoms with van der Waals surface area (Å²) in [6, 6.07) is 1.58. The Labute approximate surface area is 139 Å². The number of rotatable bonds is 5. The lowest BCUT2D eigenvalue weighted by atomic mass is 10.0. The van der Waals surface area contributed by atoms with Crippen LogP contribution >= 0.6 is 0 Å². The molecule has 2 aromatic heterocycles. The Morgan fingerprint density at radius 1 is 1.46 bits per heavy atom. The third kappa shape index (κ3) is 3.23. The maximum atomic E-state index is 12.4. The van der Waals surface area contributed by atoms with Crippen LogP contribution in [0.3, 0.4) is 0 Å². The first-order valence-electron chi connectivity index (χ1n) is 7.80. The van der Waals surface area contributed by atoms with Gasteiger partial charge in [0.05, 0.1) is 17.5 Å². The van der Waals surface area contributed by atoms with Crippen LogP contribution in [0.2, 0.25) is 0 Å². The standard InChI is InChI=1S/C17H20N4O3/c1-5-7-18-15(22)11-9-12(10(3)4)19-14-13(11)16(23)20-17(24)21(14)8-6-2/h1,9-10H,6-8H2,2-4H3,(H,18,22)(H,20,23,24). The van der Waals surface area contributed by atoms with Gasteiger partial charge in [-0.2, -0.15) is 0 Å². The van der Waals surface area contributed by atoms with Crippen molar-refractivity contribution < 1.29 is 4.79 Å². The molecule has 2 aromatic rings. The minimum absolute atomic E-state index is 0.0260. The van der Waals surface area contributed by atoms with E-state index in [1.807, 2.05) is 20.8 Å². The van der Waals surface area contributed by atoms with Crippen molar-refractivity contribution in [2.45, 2.75) is 39.7 Å². The first-order valence-corrected chi connectivity index (χ1v) is 7.80. The summed E-state index contributed by atoms with van der Waals surface area (Å²) in [5, 5.41) is 2.66. The molecule has 0 saturated heterocycles. The molecule has 126 valence electrons. The largest absolute Gasteiger partial charge is 0.341 e. The average Bonchev–Trinajstić information content (AvgIpc) is 2.55. The number of carbonyl (C=O) groups excluding carboxylic acids is 1. The van der Waals surface area contributed by atoms with Crippen LogP contribution < -0.4 is 16.6 Å². The van der Waals surface area contributed by atoms with E-state index in [0.29, 0.717) is 18.7 Å². The molecule has 0 aliphatic heterocycles. The SMILES string of the molecule is C#CCNC(=O)c1cc(C(C)C)nc2c1c(=O)[nH]c(=O)n2CCC. The van der Waals surface area contributed by atoms with Crippen molar-refractivity contribution in [3.05, 3.63) is 38.2 Å². The van der Waals surface area contributed by atoms with E-state index >= 15 is 0 Å². The van der Waals surface area contributed by atoms with E-state index in [2.05, 4.69) is 21.2 Å². The zero-order chi connectivity index (χ0) is 17.9. The minimum Gasteiger partial charge on any atom is -0.341 e. The van der Waals surface area contributed by atoms with Crippen molar-refractivity contribution in [3.8, 4) is 12.3 Å². The van der Waals surface area contributed by atoms with Crippen LogP contribution in [0.25, 0.3) is 11.0 Å². The second-order valence-corrected chi connectivity index (χ2v) is 5.75. The highest BCUT2D eigenvalue weighted by Gasteiger charge is 2.19. The van der Waals surface area contributed by atoms with Crippen LogP contribution in [-0.2, 0) is 6.54 Å². The Bertz CT molecular complexity index is 932. The molecular weight excluding hydrogens is 308 g/mol. The van der Waals surface area contributed by atoms with E-state index in [4.69, 9.17) is 6.42 Å². The lowest BCUT2D eigenvalue weighted by Crippen LogP contribution is -2.33. The van der Waals surface area contributed by atoms with E-state index in [1.54, 1.807) is 6.07 Å². The second-order valence-electron chi connectivity index (χ2n) is 5.75. The number of fused-ring (bicyclic) bond motifs is 1. The van der Waals surface area contributed by atoms with Gasteiger partial charge >= 0.3 is 5.69 Å². The highest BCUT2D eigenvalue weighted by molar-refractivity contribution is 6.05. The predicted molar refractivity (Wildman–Crippen MR) is 92.2 cm³/mol. The molecule has 24 heavy (non-hydrogen) atoms. The van der Waals surface area contributed by atoms with E-state index in [9.17, 15) is 14.4 Å². The normalized spacial score (nSPS) is 10.8. The number of amides is 1. The van der Waals surface area contributed by atoms with Gasteiger partial charge in [0, 0.05) is 12.2 Å². The van der Waals surface area contributed by atoms with Gasteiger partial charge < -0.3 is 5.32 Å². The van der Waals surface area contributed by atoms with Crippen molar-refractivity contribution in [2.24, 2.45) is 0 Å². The van der Waals surface area contributed by atoms with E-state index in [-0.39, 0.29) is 29.1 Å². The number of H-pyrrole nitrogens is 1. The molecule has 0 radical (unpaired) electrons. The minimum atomic E-state index is -0.629. The van der Waals surface area contributed by atoms with Gasteiger partial charge in [-0.25, -0.2) is 9.78 Å². The fraction of sp³-hybridized carbons (Fsp3) is 0.412. The topological polar surface area (TPSA) is 96.8 Å². The molecule has 0 aliphatic carbocycles. The summed E-state index contributed by atoms with van der Waals surface area (Å²) in [7, 11) is 0. The molecule has 0 aliphatic rings. The average molecular weight is 328 g/mol. The molecule has 7 heteroatoms. The molecule has 7 nitrogen and oxygen atoms in total. The summed E-state index contributed by atoms with van der Waals surface area (Å²) in [5.41, 5.74) is -0.135. The van der Waals surface area contributed by atoms with Gasteiger partial charge in [-0.1, -0.05) is 26.7 Å². The molecule has 1 amide bonds. The summed E-state index contributed by atoms with van der Waals surface area (Å²) in [5.74, 6) is 1.88. The predicted octanol–water partition coefficient (Wildman–Crippen LogP) is 0.981. The number of pyridine rings is 1. The first kappa shape index (κ1) is 17.5. The molecule has 0 fully saturated rings. The Kier molecular flexibility index (Phi) is 5.19. The molecule has 2 rings (SSSR count). The number of carbonyl (C=O) groups is 1. The van der Waals surface area contributed by atoms with Gasteiger partial charge in [-0.15, -0.1) is 6.42 Å². The number of aryl methyl sites for hydroxylation is 1. The fourth-order valence-electron chi connectivity index (χ4n) is 2.43. The number of nitrogens with one attached hydrogen (secondary N) is 2. The lowest BCUT2D eigenvalue weighted by molar-refractivity contribution is 0.0960. The van der Waals surface area contributed by atoms with Crippen molar-refractivity contribution in [1.82, 2.24) is 19.9 Å². The van der Waals surface area contributed by atoms with Crippen LogP contribution in [0, 0.1) is 12.3 Å². The van der Waals surface area contributed by atoms with Crippen LogP contribution in [0.5, 0.6) is 0 Å². The zero-order valence-electron chi connectivity index (χ0n) is 14.0. The highest BCUT2D eigenvalue weighted by atomic mass is 16.2. The maximum absolute atomic E-state index is 12.4. The maximum Gasteiger partial charge on any atom is 0.329 e. The van der Waals surface area contributed by atoms with Crippen LogP contribution in [0.15, 0.2) is 15.7 Å². The molecule has 0 aromatic carbocycles. The number of nitrogens with zero attached hydrogens (tertiary/aromatic N) is 2. The van der Waals surface area contributed by atoms with Gasteiger partial charge in [-0.05, 0) is 18.4 Å². The van der Waals surface area contributed by atoms with Gasteiger partial charge in [-0.3, -0.25) is 19.1 Å². The monoisotopic (exact) mass is 328 g/mol. The fourth-order valence-corrected chi connectivity index (χ4v) is 2.43. The van der Waals surface area contributed by atoms with Gasteiger partial charge in [0.2, 0.25) is 0 Å². The molecule has 2 heterocycles. The number of aromatic amines is 1. The van der Waals surface area contributed by atoms with Crippen LogP contribution in [-0.4, -0.2) is 27.0 Å². The van der Waals surface area contributed by atoms with Gasteiger partial charge in [0.25, 0.3) is 11.5 Å². The number of hydrogen-bond acceptors (Lipinski definition) is 4. The molecule has 0 saturated carbocycles. The van der Waals surface area contributed by atoms with Gasteiger partial charge in [0.1, 0.15) is 0 Å². The summed E-state index contributed by atoms with van der Waals surface area (Å²) >= 11 is 0. The van der Waals surface area contributed by atoms with Crippen molar-refractivity contribution in [3.63, 3.8) is 0 Å². The molecule has 0 atom stereocenters. The zero-order valence-corrected chi connectivity index (χ0v) is 14.0. The third-order valence-electron chi connectivity index (χ3n) is 3.60. The molecular formula is C17H20N4O3. The van der Waals surface area contributed by atoms with E-state index < -0.39 is 17.2 Å². The number of hydrogen-bond donors (Lipinski definition) is 2. The highest BCUT2D eigenvalue weighted by Crippen LogP contribution is 2.19. The Morgan fingerprint density at radius 3 is 2.75 bits per heavy atom. The number of terminal acetylenes is 1. The van der Waals surface area contributed by atoms with Gasteiger partial charge in [0.15, 0.2) is 5.65 Å². The second kappa shape index (κ2) is 7.13. The van der Waals surface area contributed by atoms with Crippen molar-refractivity contribution in [2.75, 3.05) is 6.54 Å². The Balaban J connectivity index is 2.88.